The van der Waals surface area contributed by atoms with Crippen LogP contribution in [-0.4, -0.2) is 40.5 Å². The topological polar surface area (TPSA) is 58.6 Å². The van der Waals surface area contributed by atoms with Gasteiger partial charge in [0.25, 0.3) is 0 Å². The lowest BCUT2D eigenvalue weighted by molar-refractivity contribution is -0.138. The van der Waals surface area contributed by atoms with Crippen LogP contribution in [0.2, 0.25) is 0 Å². The van der Waals surface area contributed by atoms with Crippen LogP contribution in [0.5, 0.6) is 5.75 Å². The Morgan fingerprint density at radius 1 is 1.46 bits per heavy atom. The fourth-order valence-corrected chi connectivity index (χ4v) is 4.97. The van der Waals surface area contributed by atoms with E-state index < -0.39 is 0 Å². The molecular formula is C18H24N2O3S. The Bertz CT molecular complexity index is 634. The molecule has 6 heteroatoms. The summed E-state index contributed by atoms with van der Waals surface area (Å²) >= 11 is 1.72. The van der Waals surface area contributed by atoms with Crippen LogP contribution in [0.1, 0.15) is 44.7 Å². The quantitative estimate of drug-likeness (QED) is 0.889. The zero-order valence-electron chi connectivity index (χ0n) is 14.4. The second kappa shape index (κ2) is 6.67. The summed E-state index contributed by atoms with van der Waals surface area (Å²) in [7, 11) is 1.63. The molecule has 5 nitrogen and oxygen atoms in total. The van der Waals surface area contributed by atoms with Gasteiger partial charge in [-0.15, -0.1) is 11.8 Å². The van der Waals surface area contributed by atoms with Gasteiger partial charge >= 0.3 is 0 Å². The molecule has 1 aromatic rings. The number of hydrogen-bond donors (Lipinski definition) is 1. The Morgan fingerprint density at radius 2 is 2.17 bits per heavy atom. The summed E-state index contributed by atoms with van der Waals surface area (Å²) in [4.78, 5) is 26.6. The average Bonchev–Trinajstić information content (AvgIpc) is 3.09. The summed E-state index contributed by atoms with van der Waals surface area (Å²) in [5.74, 6) is 1.52. The van der Waals surface area contributed by atoms with Crippen LogP contribution in [0, 0.1) is 0 Å². The lowest BCUT2D eigenvalue weighted by atomic mass is 10.0. The van der Waals surface area contributed by atoms with Crippen LogP contribution < -0.4 is 10.1 Å². The zero-order valence-corrected chi connectivity index (χ0v) is 15.2. The van der Waals surface area contributed by atoms with E-state index in [2.05, 4.69) is 12.2 Å². The van der Waals surface area contributed by atoms with Crippen LogP contribution in [0.4, 0.5) is 0 Å². The third kappa shape index (κ3) is 2.99. The highest BCUT2D eigenvalue weighted by molar-refractivity contribution is 8.01. The molecule has 0 spiro atoms. The molecular weight excluding hydrogens is 324 g/mol. The molecule has 2 aliphatic rings. The van der Waals surface area contributed by atoms with Crippen molar-refractivity contribution in [1.29, 1.82) is 0 Å². The van der Waals surface area contributed by atoms with E-state index in [1.54, 1.807) is 23.8 Å². The lowest BCUT2D eigenvalue weighted by Crippen LogP contribution is -2.50. The summed E-state index contributed by atoms with van der Waals surface area (Å²) in [5.41, 5.74) is 1.05. The molecule has 3 unspecified atom stereocenters. The van der Waals surface area contributed by atoms with Crippen molar-refractivity contribution < 1.29 is 14.3 Å². The number of carbonyl (C=O) groups is 2. The van der Waals surface area contributed by atoms with E-state index in [4.69, 9.17) is 4.74 Å². The molecule has 2 heterocycles. The highest BCUT2D eigenvalue weighted by Gasteiger charge is 2.53. The minimum absolute atomic E-state index is 0.0517. The summed E-state index contributed by atoms with van der Waals surface area (Å²) in [6.45, 7) is 4.11. The van der Waals surface area contributed by atoms with E-state index in [9.17, 15) is 9.59 Å². The Kier molecular flexibility index (Phi) is 4.76. The van der Waals surface area contributed by atoms with Crippen LogP contribution >= 0.6 is 11.8 Å². The fourth-order valence-electron chi connectivity index (χ4n) is 3.54. The molecule has 0 bridgehead atoms. The van der Waals surface area contributed by atoms with Crippen molar-refractivity contribution in [3.05, 3.63) is 29.8 Å². The minimum Gasteiger partial charge on any atom is -0.497 e. The molecule has 0 aliphatic carbocycles. The third-order valence-corrected chi connectivity index (χ3v) is 6.50. The largest absolute Gasteiger partial charge is 0.497 e. The summed E-state index contributed by atoms with van der Waals surface area (Å²) < 4.78 is 5.18. The van der Waals surface area contributed by atoms with Crippen molar-refractivity contribution in [2.45, 2.75) is 50.1 Å². The minimum atomic E-state index is -0.359. The van der Waals surface area contributed by atoms with Gasteiger partial charge in [-0.25, -0.2) is 0 Å². The van der Waals surface area contributed by atoms with Gasteiger partial charge in [0.1, 0.15) is 11.8 Å². The van der Waals surface area contributed by atoms with Gasteiger partial charge in [0, 0.05) is 12.2 Å². The van der Waals surface area contributed by atoms with Crippen molar-refractivity contribution in [3.8, 4) is 5.75 Å². The highest BCUT2D eigenvalue weighted by Crippen LogP contribution is 2.47. The molecule has 130 valence electrons. The maximum Gasteiger partial charge on any atom is 0.244 e. The number of hydrogen-bond acceptors (Lipinski definition) is 4. The Balaban J connectivity index is 1.71. The molecule has 2 aliphatic heterocycles. The van der Waals surface area contributed by atoms with Crippen molar-refractivity contribution in [2.24, 2.45) is 0 Å². The van der Waals surface area contributed by atoms with Gasteiger partial charge in [-0.05, 0) is 37.5 Å². The smallest absolute Gasteiger partial charge is 0.244 e. The number of amides is 2. The van der Waals surface area contributed by atoms with Crippen molar-refractivity contribution in [3.63, 3.8) is 0 Å². The van der Waals surface area contributed by atoms with E-state index in [0.717, 1.165) is 24.2 Å². The maximum absolute atomic E-state index is 12.8. The van der Waals surface area contributed by atoms with Gasteiger partial charge in [-0.3, -0.25) is 9.59 Å². The summed E-state index contributed by atoms with van der Waals surface area (Å²) in [5, 5.41) is 3.13. The summed E-state index contributed by atoms with van der Waals surface area (Å²) in [6, 6.07) is 7.33. The van der Waals surface area contributed by atoms with Crippen molar-refractivity contribution >= 4 is 23.6 Å². The number of nitrogens with one attached hydrogen (secondary N) is 1. The number of fused-ring (bicyclic) bond motifs is 1. The van der Waals surface area contributed by atoms with Crippen molar-refractivity contribution in [2.75, 3.05) is 12.9 Å². The molecule has 0 radical (unpaired) electrons. The first-order valence-corrected chi connectivity index (χ1v) is 9.37. The zero-order chi connectivity index (χ0) is 17.3. The predicted molar refractivity (Wildman–Crippen MR) is 94.9 cm³/mol. The molecule has 3 rings (SSSR count). The molecule has 1 N–H and O–H groups in total. The lowest BCUT2D eigenvalue weighted by Gasteiger charge is -2.30. The molecule has 2 saturated heterocycles. The third-order valence-electron chi connectivity index (χ3n) is 4.99. The Labute approximate surface area is 147 Å². The molecule has 1 aromatic carbocycles. The number of rotatable bonds is 5. The molecule has 0 saturated carbocycles. The Hall–Kier alpha value is -1.69. The average molecular weight is 348 g/mol. The molecule has 2 fully saturated rings. The van der Waals surface area contributed by atoms with Gasteiger partial charge in [-0.2, -0.15) is 0 Å². The number of benzene rings is 1. The van der Waals surface area contributed by atoms with Gasteiger partial charge in [-0.1, -0.05) is 19.1 Å². The second-order valence-corrected chi connectivity index (χ2v) is 8.01. The normalized spacial score (nSPS) is 27.0. The van der Waals surface area contributed by atoms with Crippen LogP contribution in [0.15, 0.2) is 24.3 Å². The van der Waals surface area contributed by atoms with Gasteiger partial charge < -0.3 is 15.0 Å². The highest BCUT2D eigenvalue weighted by atomic mass is 32.2. The van der Waals surface area contributed by atoms with Gasteiger partial charge in [0.2, 0.25) is 11.8 Å². The van der Waals surface area contributed by atoms with Crippen LogP contribution in [0.3, 0.4) is 0 Å². The Morgan fingerprint density at radius 3 is 2.79 bits per heavy atom. The fraction of sp³-hybridized carbons (Fsp3) is 0.556. The molecule has 3 atom stereocenters. The number of thioether (sulfide) groups is 1. The van der Waals surface area contributed by atoms with Crippen LogP contribution in [0.25, 0.3) is 0 Å². The van der Waals surface area contributed by atoms with Gasteiger partial charge in [0.15, 0.2) is 0 Å². The second-order valence-electron chi connectivity index (χ2n) is 6.51. The number of nitrogens with zero attached hydrogens (tertiary/aromatic N) is 1. The SMILES string of the molecule is CCC(NC(=O)C1CSC2(C)CCC(=O)N12)c1ccc(OC)cc1. The maximum atomic E-state index is 12.8. The molecule has 24 heavy (non-hydrogen) atoms. The first-order valence-electron chi connectivity index (χ1n) is 8.39. The number of methoxy groups -OCH3 is 1. The van der Waals surface area contributed by atoms with Crippen molar-refractivity contribution in [1.82, 2.24) is 10.2 Å². The standard InChI is InChI=1S/C18H24N2O3S/c1-4-14(12-5-7-13(23-3)8-6-12)19-17(22)15-11-24-18(2)10-9-16(21)20(15)18/h5-8,14-15H,4,9-11H2,1-3H3,(H,19,22). The van der Waals surface area contributed by atoms with E-state index >= 15 is 0 Å². The number of ether oxygens (including phenoxy) is 1. The van der Waals surface area contributed by atoms with E-state index in [1.165, 1.54) is 0 Å². The molecule has 0 aromatic heterocycles. The van der Waals surface area contributed by atoms with E-state index in [0.29, 0.717) is 12.2 Å². The van der Waals surface area contributed by atoms with E-state index in [-0.39, 0.29) is 28.8 Å². The first kappa shape index (κ1) is 17.1. The molecule has 2 amide bonds. The van der Waals surface area contributed by atoms with E-state index in [1.807, 2.05) is 31.2 Å². The van der Waals surface area contributed by atoms with Gasteiger partial charge in [0.05, 0.1) is 18.0 Å². The summed E-state index contributed by atoms with van der Waals surface area (Å²) in [6.07, 6.45) is 2.17. The predicted octanol–water partition coefficient (Wildman–Crippen LogP) is 2.72. The first-order chi connectivity index (χ1) is 11.5. The number of carbonyl (C=O) groups excluding carboxylic acids is 2. The van der Waals surface area contributed by atoms with Crippen LogP contribution in [-0.2, 0) is 9.59 Å². The monoisotopic (exact) mass is 348 g/mol.